The van der Waals surface area contributed by atoms with E-state index in [1.807, 2.05) is 13.8 Å². The summed E-state index contributed by atoms with van der Waals surface area (Å²) in [5.74, 6) is -0.0950. The number of aliphatic hydroxyl groups is 1. The van der Waals surface area contributed by atoms with Crippen molar-refractivity contribution in [2.75, 3.05) is 13.1 Å². The van der Waals surface area contributed by atoms with Crippen molar-refractivity contribution in [2.24, 2.45) is 0 Å². The Hall–Kier alpha value is -2.93. The fraction of sp³-hybridized carbons (Fsp3) is 0.381. The van der Waals surface area contributed by atoms with E-state index in [0.29, 0.717) is 18.7 Å². The van der Waals surface area contributed by atoms with Crippen LogP contribution in [0.15, 0.2) is 47.4 Å². The van der Waals surface area contributed by atoms with Gasteiger partial charge < -0.3 is 19.9 Å². The number of carbonyl (C=O) groups is 2. The molecule has 1 aromatic carbocycles. The van der Waals surface area contributed by atoms with Gasteiger partial charge in [0.1, 0.15) is 0 Å². The first kappa shape index (κ1) is 19.8. The van der Waals surface area contributed by atoms with Crippen molar-refractivity contribution in [3.05, 3.63) is 69.6 Å². The van der Waals surface area contributed by atoms with Crippen LogP contribution in [-0.2, 0) is 17.8 Å². The van der Waals surface area contributed by atoms with Gasteiger partial charge in [0.05, 0.1) is 13.0 Å². The summed E-state index contributed by atoms with van der Waals surface area (Å²) in [7, 11) is 0. The van der Waals surface area contributed by atoms with Gasteiger partial charge in [-0.2, -0.15) is 0 Å². The molecule has 2 heterocycles. The third kappa shape index (κ3) is 4.31. The number of benzene rings is 1. The molecule has 2 atom stereocenters. The highest BCUT2D eigenvalue weighted by atomic mass is 16.3. The van der Waals surface area contributed by atoms with Crippen LogP contribution < -0.4 is 5.56 Å². The molecule has 1 aliphatic rings. The van der Waals surface area contributed by atoms with E-state index in [4.69, 9.17) is 5.11 Å². The maximum Gasteiger partial charge on any atom is 0.254 e. The van der Waals surface area contributed by atoms with E-state index >= 15 is 0 Å². The molecule has 0 aliphatic carbocycles. The average Bonchev–Trinajstić information content (AvgIpc) is 2.70. The molecule has 1 saturated heterocycles. The third-order valence-corrected chi connectivity index (χ3v) is 5.15. The van der Waals surface area contributed by atoms with Crippen molar-refractivity contribution in [1.82, 2.24) is 14.8 Å². The zero-order valence-corrected chi connectivity index (χ0v) is 16.1. The fourth-order valence-corrected chi connectivity index (χ4v) is 3.50. The molecule has 0 radical (unpaired) electrons. The summed E-state index contributed by atoms with van der Waals surface area (Å²) in [6.45, 7) is 4.73. The number of aliphatic hydroxyl groups excluding tert-OH is 1. The molecule has 2 unspecified atom stereocenters. The zero-order chi connectivity index (χ0) is 20.3. The lowest BCUT2D eigenvalue weighted by atomic mass is 10.0. The van der Waals surface area contributed by atoms with Gasteiger partial charge in [-0.25, -0.2) is 0 Å². The maximum atomic E-state index is 12.9. The molecule has 1 aliphatic heterocycles. The summed E-state index contributed by atoms with van der Waals surface area (Å²) >= 11 is 0. The van der Waals surface area contributed by atoms with Gasteiger partial charge >= 0.3 is 0 Å². The number of rotatable bonds is 4. The van der Waals surface area contributed by atoms with E-state index in [2.05, 4.69) is 4.98 Å². The molecule has 1 aromatic heterocycles. The lowest BCUT2D eigenvalue weighted by molar-refractivity contribution is -0.135. The molecule has 7 nitrogen and oxygen atoms in total. The molecule has 2 N–H and O–H groups in total. The van der Waals surface area contributed by atoms with Crippen LogP contribution in [0.25, 0.3) is 0 Å². The molecular formula is C21H25N3O4. The predicted octanol–water partition coefficient (Wildman–Crippen LogP) is 1.17. The second-order valence-electron chi connectivity index (χ2n) is 7.29. The normalized spacial score (nSPS) is 19.5. The quantitative estimate of drug-likeness (QED) is 0.829. The minimum Gasteiger partial charge on any atom is -0.392 e. The Bertz CT molecular complexity index is 886. The number of hydrogen-bond acceptors (Lipinski definition) is 4. The Kier molecular flexibility index (Phi) is 5.94. The largest absolute Gasteiger partial charge is 0.392 e. The molecule has 1 fully saturated rings. The summed E-state index contributed by atoms with van der Waals surface area (Å²) in [4.78, 5) is 42.9. The summed E-state index contributed by atoms with van der Waals surface area (Å²) in [6, 6.07) is 9.77. The Morgan fingerprint density at radius 1 is 1.00 bits per heavy atom. The minimum absolute atomic E-state index is 0.0224. The highest BCUT2D eigenvalue weighted by Gasteiger charge is 2.34. The van der Waals surface area contributed by atoms with Gasteiger partial charge in [-0.3, -0.25) is 14.4 Å². The van der Waals surface area contributed by atoms with Crippen molar-refractivity contribution in [1.29, 1.82) is 0 Å². The van der Waals surface area contributed by atoms with Crippen molar-refractivity contribution in [3.63, 3.8) is 0 Å². The zero-order valence-electron chi connectivity index (χ0n) is 16.1. The van der Waals surface area contributed by atoms with Crippen LogP contribution in [0.3, 0.4) is 0 Å². The molecule has 28 heavy (non-hydrogen) atoms. The number of H-pyrrole nitrogens is 1. The number of carbonyl (C=O) groups excluding carboxylic acids is 2. The van der Waals surface area contributed by atoms with E-state index in [-0.39, 0.29) is 42.5 Å². The van der Waals surface area contributed by atoms with Gasteiger partial charge in [0.2, 0.25) is 11.5 Å². The van der Waals surface area contributed by atoms with E-state index in [9.17, 15) is 14.4 Å². The molecule has 3 rings (SSSR count). The van der Waals surface area contributed by atoms with Crippen LogP contribution in [0, 0.1) is 0 Å². The predicted molar refractivity (Wildman–Crippen MR) is 105 cm³/mol. The number of aromatic nitrogens is 1. The Labute approximate surface area is 163 Å². The molecule has 2 aromatic rings. The lowest BCUT2D eigenvalue weighted by Crippen LogP contribution is -2.59. The average molecular weight is 383 g/mol. The Balaban J connectivity index is 1.67. The standard InChI is InChI=1S/C21H25N3O4/c1-14-12-24(21(28)18-6-3-16(13-25)4-7-18)15(2)11-23(14)20(27)9-17-5-8-19(26)22-10-17/h3-8,10,14-15,25H,9,11-13H2,1-2H3,(H,22,26). The number of pyridine rings is 1. The lowest BCUT2D eigenvalue weighted by Gasteiger charge is -2.44. The second kappa shape index (κ2) is 8.39. The molecular weight excluding hydrogens is 358 g/mol. The van der Waals surface area contributed by atoms with E-state index in [0.717, 1.165) is 11.1 Å². The van der Waals surface area contributed by atoms with Crippen molar-refractivity contribution in [3.8, 4) is 0 Å². The summed E-state index contributed by atoms with van der Waals surface area (Å²) in [6.07, 6.45) is 1.77. The smallest absolute Gasteiger partial charge is 0.254 e. The van der Waals surface area contributed by atoms with Gasteiger partial charge in [-0.05, 0) is 37.1 Å². The molecule has 148 valence electrons. The van der Waals surface area contributed by atoms with Crippen LogP contribution >= 0.6 is 0 Å². The summed E-state index contributed by atoms with van der Waals surface area (Å²) in [5.41, 5.74) is 1.89. The number of aromatic amines is 1. The van der Waals surface area contributed by atoms with Gasteiger partial charge in [-0.15, -0.1) is 0 Å². The molecule has 0 saturated carbocycles. The first-order valence-electron chi connectivity index (χ1n) is 9.37. The monoisotopic (exact) mass is 383 g/mol. The Morgan fingerprint density at radius 2 is 1.61 bits per heavy atom. The SMILES string of the molecule is CC1CN(C(=O)c2ccc(CO)cc2)C(C)CN1C(=O)Cc1ccc(=O)[nH]c1. The molecule has 0 bridgehead atoms. The van der Waals surface area contributed by atoms with Crippen LogP contribution in [0.5, 0.6) is 0 Å². The first-order valence-corrected chi connectivity index (χ1v) is 9.37. The van der Waals surface area contributed by atoms with E-state index in [1.165, 1.54) is 6.07 Å². The van der Waals surface area contributed by atoms with Crippen LogP contribution in [-0.4, -0.2) is 56.9 Å². The minimum atomic E-state index is -0.197. The highest BCUT2D eigenvalue weighted by molar-refractivity contribution is 5.94. The summed E-state index contributed by atoms with van der Waals surface area (Å²) in [5, 5.41) is 9.14. The van der Waals surface area contributed by atoms with Crippen molar-refractivity contribution < 1.29 is 14.7 Å². The number of piperazine rings is 1. The van der Waals surface area contributed by atoms with Crippen LogP contribution in [0.2, 0.25) is 0 Å². The van der Waals surface area contributed by atoms with Gasteiger partial charge in [0.25, 0.3) is 5.91 Å². The van der Waals surface area contributed by atoms with E-state index < -0.39 is 0 Å². The topological polar surface area (TPSA) is 93.7 Å². The number of amides is 2. The highest BCUT2D eigenvalue weighted by Crippen LogP contribution is 2.19. The van der Waals surface area contributed by atoms with Crippen molar-refractivity contribution >= 4 is 11.8 Å². The number of nitrogens with one attached hydrogen (secondary N) is 1. The molecule has 2 amide bonds. The van der Waals surface area contributed by atoms with Gasteiger partial charge in [-0.1, -0.05) is 18.2 Å². The summed E-state index contributed by atoms with van der Waals surface area (Å²) < 4.78 is 0. The van der Waals surface area contributed by atoms with Gasteiger partial charge in [0.15, 0.2) is 0 Å². The maximum absolute atomic E-state index is 12.9. The molecule has 7 heteroatoms. The first-order chi connectivity index (χ1) is 13.4. The van der Waals surface area contributed by atoms with Gasteiger partial charge in [0, 0.05) is 43.0 Å². The van der Waals surface area contributed by atoms with Crippen molar-refractivity contribution in [2.45, 2.75) is 39.0 Å². The third-order valence-electron chi connectivity index (χ3n) is 5.15. The second-order valence-corrected chi connectivity index (χ2v) is 7.29. The molecule has 0 spiro atoms. The van der Waals surface area contributed by atoms with Crippen LogP contribution in [0.1, 0.15) is 35.3 Å². The number of nitrogens with zero attached hydrogens (tertiary/aromatic N) is 2. The van der Waals surface area contributed by atoms with Crippen LogP contribution in [0.4, 0.5) is 0 Å². The fourth-order valence-electron chi connectivity index (χ4n) is 3.50. The number of hydrogen-bond donors (Lipinski definition) is 2. The Morgan fingerprint density at radius 3 is 2.21 bits per heavy atom. The van der Waals surface area contributed by atoms with E-state index in [1.54, 1.807) is 46.3 Å².